The third-order valence-electron chi connectivity index (χ3n) is 9.36. The van der Waals surface area contributed by atoms with Gasteiger partial charge >= 0.3 is 17.9 Å². The fourth-order valence-electron chi connectivity index (χ4n) is 6.15. The largest absolute Gasteiger partial charge is 0.462 e. The van der Waals surface area contributed by atoms with E-state index in [0.717, 1.165) is 57.8 Å². The van der Waals surface area contributed by atoms with Gasteiger partial charge < -0.3 is 14.2 Å². The average Bonchev–Trinajstić information content (AvgIpc) is 3.08. The Bertz CT molecular complexity index is 708. The zero-order chi connectivity index (χ0) is 35.2. The van der Waals surface area contributed by atoms with Crippen molar-refractivity contribution in [3.05, 3.63) is 0 Å². The quantitative estimate of drug-likeness (QED) is 0.0367. The molecular formula is C42H80O6. The van der Waals surface area contributed by atoms with Crippen molar-refractivity contribution < 1.29 is 28.6 Å². The van der Waals surface area contributed by atoms with Gasteiger partial charge in [0.2, 0.25) is 0 Å². The van der Waals surface area contributed by atoms with E-state index < -0.39 is 6.10 Å². The standard InChI is InChI=1S/C42H80O6/c1-4-7-10-13-16-18-20-21-23-24-26-29-32-35-41(44)47-38-39(37-46-40(43)34-31-28-15-12-9-6-3)48-42(45)36-33-30-27-25-22-19-17-14-11-8-5-2/h39H,4-38H2,1-3H3. The van der Waals surface area contributed by atoms with E-state index in [1.807, 2.05) is 0 Å². The molecule has 0 fully saturated rings. The molecule has 0 aliphatic rings. The van der Waals surface area contributed by atoms with Gasteiger partial charge in [0.15, 0.2) is 6.10 Å². The van der Waals surface area contributed by atoms with Crippen molar-refractivity contribution in [2.75, 3.05) is 13.2 Å². The van der Waals surface area contributed by atoms with Crippen LogP contribution in [0.25, 0.3) is 0 Å². The SMILES string of the molecule is CCCCCCCCCCCCCCCC(=O)OCC(COC(=O)CCCCCCCC)OC(=O)CCCCCCCCCCCCC. The second-order valence-corrected chi connectivity index (χ2v) is 14.3. The van der Waals surface area contributed by atoms with Crippen LogP contribution in [0.3, 0.4) is 0 Å². The lowest BCUT2D eigenvalue weighted by molar-refractivity contribution is -0.167. The van der Waals surface area contributed by atoms with E-state index in [2.05, 4.69) is 20.8 Å². The minimum absolute atomic E-state index is 0.0639. The summed E-state index contributed by atoms with van der Waals surface area (Å²) in [7, 11) is 0. The first-order valence-electron chi connectivity index (χ1n) is 21.0. The van der Waals surface area contributed by atoms with Gasteiger partial charge in [-0.1, -0.05) is 194 Å². The van der Waals surface area contributed by atoms with E-state index in [-0.39, 0.29) is 31.1 Å². The van der Waals surface area contributed by atoms with E-state index in [0.29, 0.717) is 19.3 Å². The molecule has 1 unspecified atom stereocenters. The summed E-state index contributed by atoms with van der Waals surface area (Å²) in [5.41, 5.74) is 0. The summed E-state index contributed by atoms with van der Waals surface area (Å²) in [5, 5.41) is 0. The van der Waals surface area contributed by atoms with Crippen LogP contribution in [0.2, 0.25) is 0 Å². The normalized spacial score (nSPS) is 11.8. The Kier molecular flexibility index (Phi) is 36.9. The summed E-state index contributed by atoms with van der Waals surface area (Å²) in [6, 6.07) is 0. The molecule has 0 radical (unpaired) electrons. The van der Waals surface area contributed by atoms with Crippen LogP contribution in [0.15, 0.2) is 0 Å². The lowest BCUT2D eigenvalue weighted by Crippen LogP contribution is -2.30. The van der Waals surface area contributed by atoms with E-state index in [9.17, 15) is 14.4 Å². The first-order valence-corrected chi connectivity index (χ1v) is 21.0. The third-order valence-corrected chi connectivity index (χ3v) is 9.36. The van der Waals surface area contributed by atoms with Crippen LogP contribution in [-0.4, -0.2) is 37.2 Å². The molecule has 0 aromatic rings. The Balaban J connectivity index is 4.25. The molecule has 0 aromatic carbocycles. The maximum Gasteiger partial charge on any atom is 0.306 e. The number of hydrogen-bond donors (Lipinski definition) is 0. The van der Waals surface area contributed by atoms with Crippen LogP contribution >= 0.6 is 0 Å². The molecule has 0 rings (SSSR count). The molecular weight excluding hydrogens is 600 g/mol. The van der Waals surface area contributed by atoms with Crippen LogP contribution in [0.4, 0.5) is 0 Å². The first-order chi connectivity index (χ1) is 23.5. The van der Waals surface area contributed by atoms with Crippen molar-refractivity contribution in [1.29, 1.82) is 0 Å². The molecule has 0 aromatic heterocycles. The highest BCUT2D eigenvalue weighted by atomic mass is 16.6. The van der Waals surface area contributed by atoms with Gasteiger partial charge in [-0.15, -0.1) is 0 Å². The van der Waals surface area contributed by atoms with Crippen molar-refractivity contribution in [1.82, 2.24) is 0 Å². The predicted octanol–water partition coefficient (Wildman–Crippen LogP) is 12.9. The molecule has 284 valence electrons. The first kappa shape index (κ1) is 46.4. The maximum atomic E-state index is 12.6. The molecule has 0 N–H and O–H groups in total. The summed E-state index contributed by atoms with van der Waals surface area (Å²) in [5.74, 6) is -0.867. The maximum absolute atomic E-state index is 12.6. The topological polar surface area (TPSA) is 78.9 Å². The van der Waals surface area contributed by atoms with Gasteiger partial charge in [0.25, 0.3) is 0 Å². The average molecular weight is 681 g/mol. The molecule has 0 aliphatic heterocycles. The molecule has 0 saturated carbocycles. The molecule has 0 aliphatic carbocycles. The summed E-state index contributed by atoms with van der Waals surface area (Å²) < 4.78 is 16.6. The van der Waals surface area contributed by atoms with Crippen LogP contribution < -0.4 is 0 Å². The number of hydrogen-bond acceptors (Lipinski definition) is 6. The fourth-order valence-corrected chi connectivity index (χ4v) is 6.15. The molecule has 6 heteroatoms. The van der Waals surface area contributed by atoms with Gasteiger partial charge in [0.1, 0.15) is 13.2 Å². The molecule has 0 spiro atoms. The highest BCUT2D eigenvalue weighted by Gasteiger charge is 2.19. The van der Waals surface area contributed by atoms with Crippen LogP contribution in [0, 0.1) is 0 Å². The van der Waals surface area contributed by atoms with E-state index >= 15 is 0 Å². The summed E-state index contributed by atoms with van der Waals surface area (Å²) in [6.45, 7) is 6.57. The lowest BCUT2D eigenvalue weighted by atomic mass is 10.0. The van der Waals surface area contributed by atoms with Crippen molar-refractivity contribution in [3.8, 4) is 0 Å². The smallest absolute Gasteiger partial charge is 0.306 e. The van der Waals surface area contributed by atoms with Gasteiger partial charge in [-0.3, -0.25) is 14.4 Å². The minimum Gasteiger partial charge on any atom is -0.462 e. The van der Waals surface area contributed by atoms with Gasteiger partial charge in [0, 0.05) is 19.3 Å². The van der Waals surface area contributed by atoms with Crippen molar-refractivity contribution >= 4 is 17.9 Å². The summed E-state index contributed by atoms with van der Waals surface area (Å²) in [4.78, 5) is 37.4. The summed E-state index contributed by atoms with van der Waals surface area (Å²) >= 11 is 0. The van der Waals surface area contributed by atoms with Gasteiger partial charge in [-0.2, -0.15) is 0 Å². The number of esters is 3. The van der Waals surface area contributed by atoms with Crippen molar-refractivity contribution in [2.24, 2.45) is 0 Å². The van der Waals surface area contributed by atoms with Crippen LogP contribution in [-0.2, 0) is 28.6 Å². The van der Waals surface area contributed by atoms with Crippen molar-refractivity contribution in [2.45, 2.75) is 239 Å². The predicted molar refractivity (Wildman–Crippen MR) is 201 cm³/mol. The van der Waals surface area contributed by atoms with Crippen molar-refractivity contribution in [3.63, 3.8) is 0 Å². The molecule has 0 amide bonds. The number of unbranched alkanes of at least 4 members (excludes halogenated alkanes) is 27. The third kappa shape index (κ3) is 35.7. The zero-order valence-corrected chi connectivity index (χ0v) is 32.3. The molecule has 48 heavy (non-hydrogen) atoms. The fraction of sp³-hybridized carbons (Fsp3) is 0.929. The lowest BCUT2D eigenvalue weighted by Gasteiger charge is -2.18. The number of carbonyl (C=O) groups is 3. The Morgan fingerprint density at radius 1 is 0.333 bits per heavy atom. The van der Waals surface area contributed by atoms with Crippen LogP contribution in [0.5, 0.6) is 0 Å². The second-order valence-electron chi connectivity index (χ2n) is 14.3. The zero-order valence-electron chi connectivity index (χ0n) is 32.3. The van der Waals surface area contributed by atoms with Gasteiger partial charge in [0.05, 0.1) is 0 Å². The molecule has 0 saturated heterocycles. The van der Waals surface area contributed by atoms with E-state index in [1.54, 1.807) is 0 Å². The molecule has 1 atom stereocenters. The summed E-state index contributed by atoms with van der Waals surface area (Å²) in [6.07, 6.45) is 36.7. The Morgan fingerprint density at radius 2 is 0.562 bits per heavy atom. The van der Waals surface area contributed by atoms with Gasteiger partial charge in [-0.25, -0.2) is 0 Å². The molecule has 6 nitrogen and oxygen atoms in total. The van der Waals surface area contributed by atoms with E-state index in [1.165, 1.54) is 135 Å². The monoisotopic (exact) mass is 681 g/mol. The molecule has 0 bridgehead atoms. The highest BCUT2D eigenvalue weighted by molar-refractivity contribution is 5.71. The highest BCUT2D eigenvalue weighted by Crippen LogP contribution is 2.15. The van der Waals surface area contributed by atoms with Crippen LogP contribution in [0.1, 0.15) is 233 Å². The number of ether oxygens (including phenoxy) is 3. The number of carbonyl (C=O) groups excluding carboxylic acids is 3. The second kappa shape index (κ2) is 38.2. The number of rotatable bonds is 38. The minimum atomic E-state index is -0.755. The van der Waals surface area contributed by atoms with Gasteiger partial charge in [-0.05, 0) is 19.3 Å². The Hall–Kier alpha value is -1.59. The Labute approximate surface area is 298 Å². The Morgan fingerprint density at radius 3 is 0.833 bits per heavy atom. The van der Waals surface area contributed by atoms with E-state index in [4.69, 9.17) is 14.2 Å². The molecule has 0 heterocycles.